The Labute approximate surface area is 131 Å². The first-order valence-electron chi connectivity index (χ1n) is 8.26. The Balaban J connectivity index is 2.70. The molecule has 0 heterocycles. The molecule has 2 nitrogen and oxygen atoms in total. The lowest BCUT2D eigenvalue weighted by Crippen LogP contribution is -2.41. The van der Waals surface area contributed by atoms with Gasteiger partial charge in [-0.1, -0.05) is 45.4 Å². The van der Waals surface area contributed by atoms with Crippen molar-refractivity contribution in [2.24, 2.45) is 11.3 Å². The summed E-state index contributed by atoms with van der Waals surface area (Å²) in [5.41, 5.74) is 4.36. The van der Waals surface area contributed by atoms with Crippen LogP contribution in [0.3, 0.4) is 0 Å². The standard InChI is InChI=1S/C19H34N2/c1-8-19(6,13-20-12-15(2)3)14-21(7)18-10-9-16(4)11-17(18)5/h9-11,15,20H,8,12-14H2,1-7H3. The van der Waals surface area contributed by atoms with E-state index in [2.05, 4.69) is 77.0 Å². The summed E-state index contributed by atoms with van der Waals surface area (Å²) in [5.74, 6) is 0.711. The molecule has 0 saturated carbocycles. The van der Waals surface area contributed by atoms with Crippen molar-refractivity contribution in [2.45, 2.75) is 48.0 Å². The Hall–Kier alpha value is -1.02. The first-order valence-corrected chi connectivity index (χ1v) is 8.26. The molecule has 0 spiro atoms. The Bertz CT molecular complexity index is 439. The monoisotopic (exact) mass is 290 g/mol. The molecular weight excluding hydrogens is 256 g/mol. The molecule has 0 amide bonds. The molecule has 0 aliphatic rings. The Morgan fingerprint density at radius 1 is 1.24 bits per heavy atom. The summed E-state index contributed by atoms with van der Waals surface area (Å²) >= 11 is 0. The number of rotatable bonds is 8. The first kappa shape index (κ1) is 18.0. The van der Waals surface area contributed by atoms with Gasteiger partial charge in [0.15, 0.2) is 0 Å². The van der Waals surface area contributed by atoms with Gasteiger partial charge < -0.3 is 10.2 Å². The largest absolute Gasteiger partial charge is 0.374 e. The molecule has 0 aliphatic heterocycles. The van der Waals surface area contributed by atoms with Crippen molar-refractivity contribution in [1.29, 1.82) is 0 Å². The predicted octanol–water partition coefficient (Wildman–Crippen LogP) is 4.40. The van der Waals surface area contributed by atoms with Gasteiger partial charge >= 0.3 is 0 Å². The van der Waals surface area contributed by atoms with Crippen LogP contribution >= 0.6 is 0 Å². The van der Waals surface area contributed by atoms with Crippen LogP contribution in [0.5, 0.6) is 0 Å². The summed E-state index contributed by atoms with van der Waals surface area (Å²) in [6.45, 7) is 16.8. The average molecular weight is 290 g/mol. The van der Waals surface area contributed by atoms with E-state index in [0.29, 0.717) is 11.3 Å². The summed E-state index contributed by atoms with van der Waals surface area (Å²) in [6.07, 6.45) is 1.19. The lowest BCUT2D eigenvalue weighted by Gasteiger charge is -2.35. The molecule has 0 bridgehead atoms. The van der Waals surface area contributed by atoms with E-state index in [0.717, 1.165) is 19.6 Å². The molecule has 1 N–H and O–H groups in total. The second kappa shape index (κ2) is 7.84. The van der Waals surface area contributed by atoms with Crippen molar-refractivity contribution in [3.63, 3.8) is 0 Å². The van der Waals surface area contributed by atoms with E-state index < -0.39 is 0 Å². The molecule has 1 aromatic carbocycles. The van der Waals surface area contributed by atoms with E-state index in [9.17, 15) is 0 Å². The number of nitrogens with one attached hydrogen (secondary N) is 1. The van der Waals surface area contributed by atoms with Crippen molar-refractivity contribution >= 4 is 5.69 Å². The second-order valence-corrected chi connectivity index (χ2v) is 7.33. The van der Waals surface area contributed by atoms with E-state index in [1.54, 1.807) is 0 Å². The van der Waals surface area contributed by atoms with Crippen LogP contribution in [0.4, 0.5) is 5.69 Å². The molecule has 1 aromatic rings. The van der Waals surface area contributed by atoms with Gasteiger partial charge in [0.05, 0.1) is 0 Å². The summed E-state index contributed by atoms with van der Waals surface area (Å²) in [4.78, 5) is 2.41. The van der Waals surface area contributed by atoms with Crippen LogP contribution in [0, 0.1) is 25.2 Å². The zero-order valence-corrected chi connectivity index (χ0v) is 15.1. The molecule has 0 radical (unpaired) electrons. The fourth-order valence-corrected chi connectivity index (χ4v) is 2.85. The van der Waals surface area contributed by atoms with E-state index >= 15 is 0 Å². The molecule has 0 fully saturated rings. The number of hydrogen-bond donors (Lipinski definition) is 1. The SMILES string of the molecule is CCC(C)(CNCC(C)C)CN(C)c1ccc(C)cc1C. The minimum absolute atomic E-state index is 0.307. The number of benzene rings is 1. The number of nitrogens with zero attached hydrogens (tertiary/aromatic N) is 1. The van der Waals surface area contributed by atoms with Crippen LogP contribution in [-0.4, -0.2) is 26.7 Å². The fraction of sp³-hybridized carbons (Fsp3) is 0.684. The molecule has 2 heteroatoms. The molecule has 0 saturated heterocycles. The maximum Gasteiger partial charge on any atom is 0.0393 e. The highest BCUT2D eigenvalue weighted by Gasteiger charge is 2.24. The molecule has 21 heavy (non-hydrogen) atoms. The quantitative estimate of drug-likeness (QED) is 0.763. The van der Waals surface area contributed by atoms with Gasteiger partial charge in [0.2, 0.25) is 0 Å². The molecule has 0 aliphatic carbocycles. The molecular formula is C19H34N2. The summed E-state index contributed by atoms with van der Waals surface area (Å²) < 4.78 is 0. The first-order chi connectivity index (χ1) is 9.77. The van der Waals surface area contributed by atoms with Crippen LogP contribution in [0.15, 0.2) is 18.2 Å². The van der Waals surface area contributed by atoms with Gasteiger partial charge in [-0.05, 0) is 49.8 Å². The number of anilines is 1. The van der Waals surface area contributed by atoms with E-state index in [-0.39, 0.29) is 0 Å². The normalized spacial score (nSPS) is 14.3. The van der Waals surface area contributed by atoms with Crippen molar-refractivity contribution in [3.8, 4) is 0 Å². The summed E-state index contributed by atoms with van der Waals surface area (Å²) in [7, 11) is 2.22. The van der Waals surface area contributed by atoms with Gasteiger partial charge in [0.1, 0.15) is 0 Å². The van der Waals surface area contributed by atoms with E-state index in [1.165, 1.54) is 23.2 Å². The van der Waals surface area contributed by atoms with E-state index in [1.807, 2.05) is 0 Å². The number of aryl methyl sites for hydroxylation is 2. The van der Waals surface area contributed by atoms with Crippen LogP contribution < -0.4 is 10.2 Å². The molecule has 120 valence electrons. The molecule has 1 unspecified atom stereocenters. The highest BCUT2D eigenvalue weighted by atomic mass is 15.1. The van der Waals surface area contributed by atoms with Crippen molar-refractivity contribution in [1.82, 2.24) is 5.32 Å². The Morgan fingerprint density at radius 3 is 2.43 bits per heavy atom. The van der Waals surface area contributed by atoms with Crippen LogP contribution in [-0.2, 0) is 0 Å². The minimum Gasteiger partial charge on any atom is -0.374 e. The highest BCUT2D eigenvalue weighted by molar-refractivity contribution is 5.53. The minimum atomic E-state index is 0.307. The van der Waals surface area contributed by atoms with Crippen LogP contribution in [0.25, 0.3) is 0 Å². The maximum absolute atomic E-state index is 3.63. The van der Waals surface area contributed by atoms with Crippen molar-refractivity contribution in [2.75, 3.05) is 31.6 Å². The average Bonchev–Trinajstić information content (AvgIpc) is 2.37. The third-order valence-electron chi connectivity index (χ3n) is 4.34. The third-order valence-corrected chi connectivity index (χ3v) is 4.34. The van der Waals surface area contributed by atoms with Gasteiger partial charge in [-0.3, -0.25) is 0 Å². The van der Waals surface area contributed by atoms with Gasteiger partial charge in [-0.15, -0.1) is 0 Å². The zero-order chi connectivity index (χ0) is 16.0. The molecule has 1 atom stereocenters. The number of hydrogen-bond acceptors (Lipinski definition) is 2. The lowest BCUT2D eigenvalue weighted by molar-refractivity contribution is 0.293. The maximum atomic E-state index is 3.63. The van der Waals surface area contributed by atoms with Crippen molar-refractivity contribution in [3.05, 3.63) is 29.3 Å². The smallest absolute Gasteiger partial charge is 0.0393 e. The summed E-state index contributed by atoms with van der Waals surface area (Å²) in [6, 6.07) is 6.73. The van der Waals surface area contributed by atoms with Gasteiger partial charge in [0.25, 0.3) is 0 Å². The van der Waals surface area contributed by atoms with Gasteiger partial charge in [-0.2, -0.15) is 0 Å². The van der Waals surface area contributed by atoms with Gasteiger partial charge in [0, 0.05) is 25.8 Å². The third kappa shape index (κ3) is 5.70. The fourth-order valence-electron chi connectivity index (χ4n) is 2.85. The Morgan fingerprint density at radius 2 is 1.90 bits per heavy atom. The predicted molar refractivity (Wildman–Crippen MR) is 95.3 cm³/mol. The van der Waals surface area contributed by atoms with Crippen LogP contribution in [0.2, 0.25) is 0 Å². The van der Waals surface area contributed by atoms with Crippen molar-refractivity contribution < 1.29 is 0 Å². The zero-order valence-electron chi connectivity index (χ0n) is 15.1. The van der Waals surface area contributed by atoms with Gasteiger partial charge in [-0.25, -0.2) is 0 Å². The topological polar surface area (TPSA) is 15.3 Å². The van der Waals surface area contributed by atoms with E-state index in [4.69, 9.17) is 0 Å². The van der Waals surface area contributed by atoms with Crippen LogP contribution in [0.1, 0.15) is 45.2 Å². The lowest BCUT2D eigenvalue weighted by atomic mass is 9.86. The highest BCUT2D eigenvalue weighted by Crippen LogP contribution is 2.26. The second-order valence-electron chi connectivity index (χ2n) is 7.33. The molecule has 0 aromatic heterocycles. The Kier molecular flexibility index (Phi) is 6.73. The summed E-state index contributed by atoms with van der Waals surface area (Å²) in [5, 5.41) is 3.63. The molecule has 1 rings (SSSR count).